The Morgan fingerprint density at radius 2 is 1.88 bits per heavy atom. The first kappa shape index (κ1) is 20.4. The third-order valence-corrected chi connectivity index (χ3v) is 3.92. The second-order valence-corrected chi connectivity index (χ2v) is 5.88. The van der Waals surface area contributed by atoms with Gasteiger partial charge in [-0.3, -0.25) is 14.5 Å². The predicted octanol–water partition coefficient (Wildman–Crippen LogP) is 0.478. The standard InChI is InChI=1S/C17H26N4O2.ClH/c1-20(10-7-17(23)21-11-8-18-9-12-21)14-16(22)19-13-15-5-3-2-4-6-15;/h2-6,18H,7-14H2,1H3,(H,19,22);1H. The van der Waals surface area contributed by atoms with Crippen LogP contribution >= 0.6 is 12.4 Å². The molecule has 0 atom stereocenters. The average Bonchev–Trinajstić information content (AvgIpc) is 2.59. The Morgan fingerprint density at radius 1 is 1.21 bits per heavy atom. The Labute approximate surface area is 150 Å². The highest BCUT2D eigenvalue weighted by atomic mass is 35.5. The molecular formula is C17H27ClN4O2. The van der Waals surface area contributed by atoms with Crippen molar-refractivity contribution in [3.63, 3.8) is 0 Å². The fraction of sp³-hybridized carbons (Fsp3) is 0.529. The quantitative estimate of drug-likeness (QED) is 0.747. The van der Waals surface area contributed by atoms with Crippen molar-refractivity contribution in [3.8, 4) is 0 Å². The zero-order valence-corrected chi connectivity index (χ0v) is 15.0. The van der Waals surface area contributed by atoms with E-state index in [9.17, 15) is 9.59 Å². The second-order valence-electron chi connectivity index (χ2n) is 5.88. The van der Waals surface area contributed by atoms with Crippen molar-refractivity contribution in [1.29, 1.82) is 0 Å². The second kappa shape index (κ2) is 11.0. The smallest absolute Gasteiger partial charge is 0.234 e. The number of likely N-dealkylation sites (N-methyl/N-ethyl adjacent to an activating group) is 1. The maximum Gasteiger partial charge on any atom is 0.234 e. The van der Waals surface area contributed by atoms with E-state index >= 15 is 0 Å². The fourth-order valence-corrected chi connectivity index (χ4v) is 2.54. The summed E-state index contributed by atoms with van der Waals surface area (Å²) in [6.07, 6.45) is 0.461. The van der Waals surface area contributed by atoms with Gasteiger partial charge in [-0.1, -0.05) is 30.3 Å². The van der Waals surface area contributed by atoms with E-state index < -0.39 is 0 Å². The highest BCUT2D eigenvalue weighted by Crippen LogP contribution is 1.99. The summed E-state index contributed by atoms with van der Waals surface area (Å²) in [5.41, 5.74) is 1.08. The van der Waals surface area contributed by atoms with Gasteiger partial charge < -0.3 is 15.5 Å². The molecule has 1 saturated heterocycles. The van der Waals surface area contributed by atoms with E-state index in [1.165, 1.54) is 0 Å². The summed E-state index contributed by atoms with van der Waals surface area (Å²) in [7, 11) is 1.87. The lowest BCUT2D eigenvalue weighted by Crippen LogP contribution is -2.47. The number of carbonyl (C=O) groups is 2. The molecule has 24 heavy (non-hydrogen) atoms. The molecule has 0 aliphatic carbocycles. The van der Waals surface area contributed by atoms with E-state index in [0.717, 1.165) is 31.7 Å². The van der Waals surface area contributed by atoms with Gasteiger partial charge in [0, 0.05) is 45.7 Å². The lowest BCUT2D eigenvalue weighted by Gasteiger charge is -2.28. The number of nitrogens with zero attached hydrogens (tertiary/aromatic N) is 2. The Bertz CT molecular complexity index is 507. The number of piperazine rings is 1. The van der Waals surface area contributed by atoms with Gasteiger partial charge in [0.15, 0.2) is 0 Å². The molecule has 6 nitrogen and oxygen atoms in total. The van der Waals surface area contributed by atoms with Crippen LogP contribution in [-0.4, -0.2) is 67.9 Å². The first-order chi connectivity index (χ1) is 11.1. The molecule has 7 heteroatoms. The lowest BCUT2D eigenvalue weighted by atomic mass is 10.2. The lowest BCUT2D eigenvalue weighted by molar-refractivity contribution is -0.132. The van der Waals surface area contributed by atoms with Crippen LogP contribution in [0.4, 0.5) is 0 Å². The number of hydrogen-bond donors (Lipinski definition) is 2. The van der Waals surface area contributed by atoms with E-state index in [4.69, 9.17) is 0 Å². The first-order valence-corrected chi connectivity index (χ1v) is 8.13. The molecule has 134 valence electrons. The van der Waals surface area contributed by atoms with Crippen LogP contribution in [0, 0.1) is 0 Å². The minimum Gasteiger partial charge on any atom is -0.351 e. The molecule has 1 aliphatic rings. The van der Waals surface area contributed by atoms with Crippen LogP contribution in [-0.2, 0) is 16.1 Å². The van der Waals surface area contributed by atoms with Crippen LogP contribution in [0.25, 0.3) is 0 Å². The van der Waals surface area contributed by atoms with Gasteiger partial charge in [0.25, 0.3) is 0 Å². The number of nitrogens with one attached hydrogen (secondary N) is 2. The van der Waals surface area contributed by atoms with E-state index in [0.29, 0.717) is 26.1 Å². The zero-order chi connectivity index (χ0) is 16.5. The molecule has 0 bridgehead atoms. The average molecular weight is 355 g/mol. The van der Waals surface area contributed by atoms with Crippen LogP contribution in [0.3, 0.4) is 0 Å². The Hall–Kier alpha value is -1.63. The molecule has 0 aromatic heterocycles. The molecule has 0 saturated carbocycles. The molecule has 0 unspecified atom stereocenters. The molecule has 2 rings (SSSR count). The molecular weight excluding hydrogens is 328 g/mol. The van der Waals surface area contributed by atoms with Gasteiger partial charge in [-0.25, -0.2) is 0 Å². The summed E-state index contributed by atoms with van der Waals surface area (Å²) in [5, 5.41) is 6.13. The van der Waals surface area contributed by atoms with Crippen LogP contribution in [0.2, 0.25) is 0 Å². The van der Waals surface area contributed by atoms with Crippen molar-refractivity contribution < 1.29 is 9.59 Å². The largest absolute Gasteiger partial charge is 0.351 e. The van der Waals surface area contributed by atoms with Crippen LogP contribution < -0.4 is 10.6 Å². The summed E-state index contributed by atoms with van der Waals surface area (Å²) in [5.74, 6) is 0.147. The van der Waals surface area contributed by atoms with Crippen molar-refractivity contribution in [2.75, 3.05) is 46.3 Å². The van der Waals surface area contributed by atoms with Crippen molar-refractivity contribution in [2.45, 2.75) is 13.0 Å². The van der Waals surface area contributed by atoms with Crippen molar-refractivity contribution in [3.05, 3.63) is 35.9 Å². The number of amides is 2. The van der Waals surface area contributed by atoms with Gasteiger partial charge in [0.05, 0.1) is 6.54 Å². The SMILES string of the molecule is CN(CCC(=O)N1CCNCC1)CC(=O)NCc1ccccc1.Cl. The van der Waals surface area contributed by atoms with Gasteiger partial charge in [-0.15, -0.1) is 12.4 Å². The predicted molar refractivity (Wildman–Crippen MR) is 97.1 cm³/mol. The summed E-state index contributed by atoms with van der Waals surface area (Å²) >= 11 is 0. The fourth-order valence-electron chi connectivity index (χ4n) is 2.54. The topological polar surface area (TPSA) is 64.7 Å². The molecule has 2 N–H and O–H groups in total. The summed E-state index contributed by atoms with van der Waals surface area (Å²) in [4.78, 5) is 27.8. The van der Waals surface area contributed by atoms with Crippen molar-refractivity contribution in [2.24, 2.45) is 0 Å². The molecule has 1 aromatic rings. The Balaban J connectivity index is 0.00000288. The van der Waals surface area contributed by atoms with Gasteiger partial charge in [0.1, 0.15) is 0 Å². The highest BCUT2D eigenvalue weighted by Gasteiger charge is 2.16. The van der Waals surface area contributed by atoms with E-state index in [2.05, 4.69) is 10.6 Å². The summed E-state index contributed by atoms with van der Waals surface area (Å²) in [6.45, 7) is 4.73. The minimum absolute atomic E-state index is 0. The van der Waals surface area contributed by atoms with Crippen LogP contribution in [0.15, 0.2) is 30.3 Å². The molecule has 1 aliphatic heterocycles. The van der Waals surface area contributed by atoms with Crippen molar-refractivity contribution in [1.82, 2.24) is 20.4 Å². The molecule has 1 fully saturated rings. The zero-order valence-electron chi connectivity index (χ0n) is 14.2. The molecule has 1 heterocycles. The highest BCUT2D eigenvalue weighted by molar-refractivity contribution is 5.85. The maximum atomic E-state index is 12.1. The first-order valence-electron chi connectivity index (χ1n) is 8.13. The van der Waals surface area contributed by atoms with Crippen LogP contribution in [0.5, 0.6) is 0 Å². The Kier molecular flexibility index (Phi) is 9.37. The number of rotatable bonds is 7. The maximum absolute atomic E-state index is 12.1. The third-order valence-electron chi connectivity index (χ3n) is 3.92. The normalized spacial score (nSPS) is 14.2. The molecule has 2 amide bonds. The number of hydrogen-bond acceptors (Lipinski definition) is 4. The molecule has 0 radical (unpaired) electrons. The van der Waals surface area contributed by atoms with Gasteiger partial charge in [0.2, 0.25) is 11.8 Å². The van der Waals surface area contributed by atoms with Crippen LogP contribution in [0.1, 0.15) is 12.0 Å². The van der Waals surface area contributed by atoms with E-state index in [1.807, 2.05) is 47.2 Å². The number of halogens is 1. The summed E-state index contributed by atoms with van der Waals surface area (Å²) in [6, 6.07) is 9.82. The van der Waals surface area contributed by atoms with Crippen molar-refractivity contribution >= 4 is 24.2 Å². The van der Waals surface area contributed by atoms with E-state index in [1.54, 1.807) is 0 Å². The Morgan fingerprint density at radius 3 is 2.54 bits per heavy atom. The molecule has 0 spiro atoms. The van der Waals surface area contributed by atoms with Gasteiger partial charge >= 0.3 is 0 Å². The van der Waals surface area contributed by atoms with Gasteiger partial charge in [-0.2, -0.15) is 0 Å². The monoisotopic (exact) mass is 354 g/mol. The third kappa shape index (κ3) is 7.29. The minimum atomic E-state index is -0.0222. The summed E-state index contributed by atoms with van der Waals surface area (Å²) < 4.78 is 0. The molecule has 1 aromatic carbocycles. The number of benzene rings is 1. The number of carbonyl (C=O) groups excluding carboxylic acids is 2. The van der Waals surface area contributed by atoms with E-state index in [-0.39, 0.29) is 24.2 Å². The van der Waals surface area contributed by atoms with Gasteiger partial charge in [-0.05, 0) is 12.6 Å².